The van der Waals surface area contributed by atoms with Crippen LogP contribution >= 0.6 is 23.2 Å². The Morgan fingerprint density at radius 1 is 1.33 bits per heavy atom. The van der Waals surface area contributed by atoms with E-state index < -0.39 is 4.92 Å². The van der Waals surface area contributed by atoms with Crippen LogP contribution in [0.1, 0.15) is 0 Å². The first-order chi connectivity index (χ1) is 7.11. The molecule has 76 valence electrons. The molecule has 0 fully saturated rings. The fraction of sp³-hybridized carbons (Fsp3) is 0. The van der Waals surface area contributed by atoms with Crippen LogP contribution in [0.3, 0.4) is 0 Å². The van der Waals surface area contributed by atoms with Crippen molar-refractivity contribution in [3.8, 4) is 0 Å². The topological polar surface area (TPSA) is 56.0 Å². The molecule has 0 saturated heterocycles. The summed E-state index contributed by atoms with van der Waals surface area (Å²) in [6, 6.07) is 4.67. The number of nitro benzene ring substituents is 1. The van der Waals surface area contributed by atoms with Crippen LogP contribution in [-0.2, 0) is 0 Å². The second kappa shape index (κ2) is 3.64. The molecule has 0 bridgehead atoms. The van der Waals surface area contributed by atoms with Gasteiger partial charge >= 0.3 is 5.69 Å². The summed E-state index contributed by atoms with van der Waals surface area (Å²) in [5.41, 5.74) is -0.00309. The van der Waals surface area contributed by atoms with Crippen molar-refractivity contribution >= 4 is 39.8 Å². The summed E-state index contributed by atoms with van der Waals surface area (Å²) in [5.74, 6) is 0. The zero-order chi connectivity index (χ0) is 11.0. The molecule has 2 rings (SSSR count). The number of benzene rings is 1. The Labute approximate surface area is 94.6 Å². The molecule has 0 radical (unpaired) electrons. The summed E-state index contributed by atoms with van der Waals surface area (Å²) in [7, 11) is 0. The van der Waals surface area contributed by atoms with Gasteiger partial charge in [0.2, 0.25) is 0 Å². The van der Waals surface area contributed by atoms with Crippen molar-refractivity contribution in [2.45, 2.75) is 0 Å². The van der Waals surface area contributed by atoms with Gasteiger partial charge in [-0.25, -0.2) is 4.98 Å². The van der Waals surface area contributed by atoms with E-state index in [1.54, 1.807) is 12.1 Å². The average Bonchev–Trinajstić information content (AvgIpc) is 2.17. The fourth-order valence-corrected chi connectivity index (χ4v) is 1.92. The second-order valence-electron chi connectivity index (χ2n) is 2.85. The summed E-state index contributed by atoms with van der Waals surface area (Å²) in [5, 5.41) is 11.7. The van der Waals surface area contributed by atoms with E-state index in [0.29, 0.717) is 10.4 Å². The fourth-order valence-electron chi connectivity index (χ4n) is 1.33. The van der Waals surface area contributed by atoms with Crippen LogP contribution in [-0.4, -0.2) is 9.91 Å². The molecule has 6 heteroatoms. The number of nitrogens with zero attached hydrogens (tertiary/aromatic N) is 2. The summed E-state index contributed by atoms with van der Waals surface area (Å²) in [4.78, 5) is 14.1. The molecule has 1 aromatic heterocycles. The summed E-state index contributed by atoms with van der Waals surface area (Å²) in [6.07, 6.45) is 1.46. The molecule has 0 aliphatic carbocycles. The molecule has 0 N–H and O–H groups in total. The third-order valence-electron chi connectivity index (χ3n) is 1.95. The number of rotatable bonds is 1. The zero-order valence-electron chi connectivity index (χ0n) is 7.28. The molecular weight excluding hydrogens is 239 g/mol. The van der Waals surface area contributed by atoms with Crippen molar-refractivity contribution in [1.29, 1.82) is 0 Å². The zero-order valence-corrected chi connectivity index (χ0v) is 8.79. The quantitative estimate of drug-likeness (QED) is 0.569. The number of hydrogen-bond acceptors (Lipinski definition) is 3. The lowest BCUT2D eigenvalue weighted by molar-refractivity contribution is -0.383. The smallest absolute Gasteiger partial charge is 0.258 e. The van der Waals surface area contributed by atoms with Crippen molar-refractivity contribution in [2.24, 2.45) is 0 Å². The van der Waals surface area contributed by atoms with Crippen molar-refractivity contribution in [3.05, 3.63) is 44.6 Å². The van der Waals surface area contributed by atoms with Gasteiger partial charge in [0.05, 0.1) is 9.95 Å². The van der Waals surface area contributed by atoms with Crippen molar-refractivity contribution in [2.75, 3.05) is 0 Å². The Morgan fingerprint density at radius 3 is 2.73 bits per heavy atom. The first-order valence-electron chi connectivity index (χ1n) is 3.98. The maximum absolute atomic E-state index is 10.8. The van der Waals surface area contributed by atoms with Gasteiger partial charge in [-0.05, 0) is 18.2 Å². The minimum Gasteiger partial charge on any atom is -0.258 e. The van der Waals surface area contributed by atoms with E-state index >= 15 is 0 Å². The van der Waals surface area contributed by atoms with Gasteiger partial charge in [-0.15, -0.1) is 0 Å². The first kappa shape index (κ1) is 10.1. The van der Waals surface area contributed by atoms with E-state index in [9.17, 15) is 10.1 Å². The number of hydrogen-bond donors (Lipinski definition) is 0. The molecule has 1 heterocycles. The Balaban J connectivity index is 2.96. The van der Waals surface area contributed by atoms with Crippen LogP contribution in [0, 0.1) is 10.1 Å². The van der Waals surface area contributed by atoms with Gasteiger partial charge in [-0.2, -0.15) is 0 Å². The lowest BCUT2D eigenvalue weighted by atomic mass is 10.2. The SMILES string of the molecule is O=[N+]([O-])c1c(Cl)cc(Cl)c2cccnc12. The van der Waals surface area contributed by atoms with E-state index in [-0.39, 0.29) is 16.2 Å². The highest BCUT2D eigenvalue weighted by Crippen LogP contribution is 2.36. The van der Waals surface area contributed by atoms with Gasteiger partial charge in [0, 0.05) is 11.6 Å². The van der Waals surface area contributed by atoms with Gasteiger partial charge in [-0.3, -0.25) is 10.1 Å². The van der Waals surface area contributed by atoms with Gasteiger partial charge in [-0.1, -0.05) is 23.2 Å². The largest absolute Gasteiger partial charge is 0.313 e. The number of pyridine rings is 1. The molecular formula is C9H4Cl2N2O2. The predicted molar refractivity (Wildman–Crippen MR) is 58.4 cm³/mol. The van der Waals surface area contributed by atoms with Crippen LogP contribution < -0.4 is 0 Å². The molecule has 0 unspecified atom stereocenters. The van der Waals surface area contributed by atoms with Crippen LogP contribution in [0.15, 0.2) is 24.4 Å². The van der Waals surface area contributed by atoms with E-state index in [2.05, 4.69) is 4.98 Å². The van der Waals surface area contributed by atoms with Gasteiger partial charge < -0.3 is 0 Å². The average molecular weight is 243 g/mol. The molecule has 0 aliphatic heterocycles. The van der Waals surface area contributed by atoms with Crippen molar-refractivity contribution < 1.29 is 4.92 Å². The third kappa shape index (κ3) is 1.62. The van der Waals surface area contributed by atoms with Crippen molar-refractivity contribution in [3.63, 3.8) is 0 Å². The Morgan fingerprint density at radius 2 is 2.07 bits per heavy atom. The highest BCUT2D eigenvalue weighted by molar-refractivity contribution is 6.40. The Bertz CT molecular complexity index is 557. The van der Waals surface area contributed by atoms with Gasteiger partial charge in [0.15, 0.2) is 5.52 Å². The highest BCUT2D eigenvalue weighted by Gasteiger charge is 2.20. The number of aromatic nitrogens is 1. The maximum atomic E-state index is 10.8. The van der Waals surface area contributed by atoms with Crippen LogP contribution in [0.4, 0.5) is 5.69 Å². The Hall–Kier alpha value is -1.39. The van der Waals surface area contributed by atoms with E-state index in [4.69, 9.17) is 23.2 Å². The normalized spacial score (nSPS) is 10.5. The number of nitro groups is 1. The Kier molecular flexibility index (Phi) is 2.46. The molecule has 0 atom stereocenters. The number of fused-ring (bicyclic) bond motifs is 1. The highest BCUT2D eigenvalue weighted by atomic mass is 35.5. The molecule has 2 aromatic rings. The van der Waals surface area contributed by atoms with Crippen LogP contribution in [0.2, 0.25) is 10.0 Å². The van der Waals surface area contributed by atoms with E-state index in [0.717, 1.165) is 0 Å². The van der Waals surface area contributed by atoms with Crippen molar-refractivity contribution in [1.82, 2.24) is 4.98 Å². The molecule has 0 spiro atoms. The maximum Gasteiger partial charge on any atom is 0.313 e. The number of halogens is 2. The molecule has 0 aliphatic rings. The summed E-state index contributed by atoms with van der Waals surface area (Å²) < 4.78 is 0. The van der Waals surface area contributed by atoms with Gasteiger partial charge in [0.1, 0.15) is 5.02 Å². The summed E-state index contributed by atoms with van der Waals surface area (Å²) >= 11 is 11.6. The minimum absolute atomic E-state index is 0.00352. The molecule has 0 saturated carbocycles. The van der Waals surface area contributed by atoms with E-state index in [1.165, 1.54) is 12.3 Å². The lowest BCUT2D eigenvalue weighted by Gasteiger charge is -2.02. The second-order valence-corrected chi connectivity index (χ2v) is 3.66. The predicted octanol–water partition coefficient (Wildman–Crippen LogP) is 3.45. The van der Waals surface area contributed by atoms with Gasteiger partial charge in [0.25, 0.3) is 0 Å². The molecule has 1 aromatic carbocycles. The third-order valence-corrected chi connectivity index (χ3v) is 2.55. The first-order valence-corrected chi connectivity index (χ1v) is 4.74. The van der Waals surface area contributed by atoms with Crippen LogP contribution in [0.5, 0.6) is 0 Å². The minimum atomic E-state index is -0.562. The molecule has 0 amide bonds. The standard InChI is InChI=1S/C9H4Cl2N2O2/c10-6-4-7(11)9(13(14)15)8-5(6)2-1-3-12-8/h1-4H. The molecule has 15 heavy (non-hydrogen) atoms. The monoisotopic (exact) mass is 242 g/mol. The van der Waals surface area contributed by atoms with Crippen LogP contribution in [0.25, 0.3) is 10.9 Å². The lowest BCUT2D eigenvalue weighted by Crippen LogP contribution is -1.93. The van der Waals surface area contributed by atoms with E-state index in [1.807, 2.05) is 0 Å². The molecule has 4 nitrogen and oxygen atoms in total. The summed E-state index contributed by atoms with van der Waals surface area (Å²) in [6.45, 7) is 0.